The van der Waals surface area contributed by atoms with Crippen molar-refractivity contribution in [1.82, 2.24) is 14.9 Å². The summed E-state index contributed by atoms with van der Waals surface area (Å²) in [6.07, 6.45) is 3.60. The second-order valence-electron chi connectivity index (χ2n) is 12.5. The van der Waals surface area contributed by atoms with Crippen LogP contribution in [0.5, 0.6) is 0 Å². The molecule has 0 radical (unpaired) electrons. The van der Waals surface area contributed by atoms with Gasteiger partial charge in [0, 0.05) is 42.3 Å². The molecule has 246 valence electrons. The number of piperazine rings is 1. The van der Waals surface area contributed by atoms with Crippen molar-refractivity contribution in [2.45, 2.75) is 69.0 Å². The van der Waals surface area contributed by atoms with Gasteiger partial charge in [0.05, 0.1) is 5.75 Å². The lowest BCUT2D eigenvalue weighted by atomic mass is 9.83. The molecular formula is C34H40F2N4O5S. The molecular weight excluding hydrogens is 614 g/mol. The number of nitrogens with zero attached hydrogens (tertiary/aromatic N) is 1. The zero-order valence-electron chi connectivity index (χ0n) is 25.4. The molecule has 0 aromatic heterocycles. The van der Waals surface area contributed by atoms with Crippen LogP contribution in [0.4, 0.5) is 19.3 Å². The molecule has 3 aromatic carbocycles. The summed E-state index contributed by atoms with van der Waals surface area (Å²) in [7, 11) is -2.93. The molecule has 5 atom stereocenters. The van der Waals surface area contributed by atoms with Crippen LogP contribution >= 0.6 is 10.8 Å². The van der Waals surface area contributed by atoms with Crippen molar-refractivity contribution in [3.05, 3.63) is 100 Å². The maximum Gasteiger partial charge on any atom is 0.405 e. The van der Waals surface area contributed by atoms with Crippen molar-refractivity contribution in [3.8, 4) is 0 Å². The SMILES string of the molecule is O=C(O)N[C@H](C(=O)Nc1cccc(F)c1CCC1CNC2CCCS(O)(O)N1C2)[C@@H](c1ccc(F)cc1)c1ccc2c(c1)CCC2. The number of nitrogens with one attached hydrogen (secondary N) is 3. The summed E-state index contributed by atoms with van der Waals surface area (Å²) in [5, 5.41) is 18.5. The van der Waals surface area contributed by atoms with E-state index in [1.165, 1.54) is 29.8 Å². The van der Waals surface area contributed by atoms with Gasteiger partial charge in [0.15, 0.2) is 0 Å². The highest BCUT2D eigenvalue weighted by atomic mass is 32.3. The van der Waals surface area contributed by atoms with E-state index in [2.05, 4.69) is 16.0 Å². The molecule has 3 aliphatic rings. The van der Waals surface area contributed by atoms with E-state index in [0.717, 1.165) is 31.2 Å². The molecule has 2 heterocycles. The number of carbonyl (C=O) groups is 2. The highest BCUT2D eigenvalue weighted by Crippen LogP contribution is 2.49. The summed E-state index contributed by atoms with van der Waals surface area (Å²) < 4.78 is 52.7. The number of aryl methyl sites for hydroxylation is 2. The van der Waals surface area contributed by atoms with Crippen LogP contribution < -0.4 is 16.0 Å². The molecule has 3 aromatic rings. The number of benzene rings is 3. The fraction of sp³-hybridized carbons (Fsp3) is 0.412. The van der Waals surface area contributed by atoms with Gasteiger partial charge in [0.2, 0.25) is 5.91 Å². The summed E-state index contributed by atoms with van der Waals surface area (Å²) >= 11 is 0. The van der Waals surface area contributed by atoms with E-state index in [4.69, 9.17) is 0 Å². The average Bonchev–Trinajstić information content (AvgIpc) is 3.45. The van der Waals surface area contributed by atoms with Crippen LogP contribution in [0.3, 0.4) is 0 Å². The molecule has 2 aliphatic heterocycles. The Hall–Kier alpha value is -3.55. The first-order chi connectivity index (χ1) is 22.1. The second-order valence-corrected chi connectivity index (χ2v) is 14.6. The van der Waals surface area contributed by atoms with Gasteiger partial charge in [0.25, 0.3) is 0 Å². The number of carboxylic acid groups (broad SMARTS) is 1. The Morgan fingerprint density at radius 2 is 1.76 bits per heavy atom. The molecule has 0 spiro atoms. The third-order valence-corrected chi connectivity index (χ3v) is 11.5. The second kappa shape index (κ2) is 13.7. The number of anilines is 1. The minimum atomic E-state index is -2.93. The van der Waals surface area contributed by atoms with E-state index in [-0.39, 0.29) is 29.8 Å². The van der Waals surface area contributed by atoms with E-state index in [9.17, 15) is 28.2 Å². The van der Waals surface area contributed by atoms with Gasteiger partial charge in [-0.15, -0.1) is 10.8 Å². The molecule has 1 aliphatic carbocycles. The van der Waals surface area contributed by atoms with Crippen molar-refractivity contribution in [3.63, 3.8) is 0 Å². The van der Waals surface area contributed by atoms with Crippen LogP contribution in [0, 0.1) is 11.6 Å². The number of amides is 2. The summed E-state index contributed by atoms with van der Waals surface area (Å²) in [5.74, 6) is -2.17. The fourth-order valence-corrected chi connectivity index (χ4v) is 9.06. The Kier molecular flexibility index (Phi) is 9.62. The zero-order chi connectivity index (χ0) is 32.4. The van der Waals surface area contributed by atoms with Crippen LogP contribution in [0.1, 0.15) is 59.4 Å². The monoisotopic (exact) mass is 654 g/mol. The Bertz CT molecular complexity index is 1590. The number of fused-ring (bicyclic) bond motifs is 3. The molecule has 3 unspecified atom stereocenters. The minimum Gasteiger partial charge on any atom is -0.465 e. The van der Waals surface area contributed by atoms with Crippen molar-refractivity contribution in [2.75, 3.05) is 24.2 Å². The van der Waals surface area contributed by atoms with Crippen LogP contribution in [-0.2, 0) is 24.1 Å². The van der Waals surface area contributed by atoms with Gasteiger partial charge in [-0.2, -0.15) is 0 Å². The van der Waals surface area contributed by atoms with Gasteiger partial charge < -0.3 is 21.1 Å². The largest absolute Gasteiger partial charge is 0.465 e. The van der Waals surface area contributed by atoms with Crippen molar-refractivity contribution in [1.29, 1.82) is 0 Å². The van der Waals surface area contributed by atoms with Gasteiger partial charge >= 0.3 is 6.09 Å². The molecule has 9 nitrogen and oxygen atoms in total. The lowest BCUT2D eigenvalue weighted by molar-refractivity contribution is -0.118. The Morgan fingerprint density at radius 1 is 1.00 bits per heavy atom. The van der Waals surface area contributed by atoms with Crippen molar-refractivity contribution < 1.29 is 32.6 Å². The van der Waals surface area contributed by atoms with Crippen LogP contribution in [0.15, 0.2) is 60.7 Å². The van der Waals surface area contributed by atoms with E-state index < -0.39 is 46.4 Å². The van der Waals surface area contributed by atoms with Crippen LogP contribution in [0.25, 0.3) is 0 Å². The smallest absolute Gasteiger partial charge is 0.405 e. The van der Waals surface area contributed by atoms with Crippen LogP contribution in [0.2, 0.25) is 0 Å². The van der Waals surface area contributed by atoms with Gasteiger partial charge in [0.1, 0.15) is 17.7 Å². The lowest BCUT2D eigenvalue weighted by Crippen LogP contribution is -2.55. The molecule has 2 fully saturated rings. The first-order valence-electron chi connectivity index (χ1n) is 15.8. The Balaban J connectivity index is 1.28. The van der Waals surface area contributed by atoms with Crippen molar-refractivity contribution >= 4 is 28.5 Å². The maximum absolute atomic E-state index is 15.4. The predicted octanol–water partition coefficient (Wildman–Crippen LogP) is 5.89. The standard InChI is InChI=1S/C34H40F2N4O5S/c35-25-13-11-22(12-14-25)31(24-10-9-21-4-1-5-23(21)18-24)32(39-34(42)43)33(41)38-30-8-2-7-29(36)28(30)16-15-27-19-37-26-6-3-17-46(44,45)40(27)20-26/h2,7-14,18,26-27,31-32,37,39,44-45H,1,3-6,15-17,19-20H2,(H,38,41)(H,42,43)/t26?,27?,31-,32-/m0/s1. The van der Waals surface area contributed by atoms with Gasteiger partial charge in [-0.25, -0.2) is 17.9 Å². The van der Waals surface area contributed by atoms with E-state index in [0.29, 0.717) is 42.8 Å². The predicted molar refractivity (Wildman–Crippen MR) is 174 cm³/mol. The molecule has 2 bridgehead atoms. The Morgan fingerprint density at radius 3 is 2.54 bits per heavy atom. The first kappa shape index (κ1) is 32.4. The van der Waals surface area contributed by atoms with E-state index in [1.54, 1.807) is 22.5 Å². The molecule has 2 amide bonds. The number of hydrogen-bond donors (Lipinski definition) is 6. The average molecular weight is 655 g/mol. The third kappa shape index (κ3) is 7.06. The van der Waals surface area contributed by atoms with E-state index in [1.807, 2.05) is 18.2 Å². The molecule has 6 rings (SSSR count). The lowest BCUT2D eigenvalue weighted by Gasteiger charge is -2.49. The highest BCUT2D eigenvalue weighted by Gasteiger charge is 2.38. The number of hydrogen-bond acceptors (Lipinski definition) is 6. The van der Waals surface area contributed by atoms with Gasteiger partial charge in [-0.05, 0) is 91.5 Å². The topological polar surface area (TPSA) is 134 Å². The van der Waals surface area contributed by atoms with Gasteiger partial charge in [-0.3, -0.25) is 13.9 Å². The molecule has 2 saturated heterocycles. The van der Waals surface area contributed by atoms with Crippen molar-refractivity contribution in [2.24, 2.45) is 0 Å². The third-order valence-electron chi connectivity index (χ3n) is 9.51. The maximum atomic E-state index is 15.4. The first-order valence-corrected chi connectivity index (χ1v) is 17.5. The molecule has 0 saturated carbocycles. The molecule has 12 heteroatoms. The number of halogens is 2. The minimum absolute atomic E-state index is 0.173. The molecule has 46 heavy (non-hydrogen) atoms. The highest BCUT2D eigenvalue weighted by molar-refractivity contribution is 8.22. The summed E-state index contributed by atoms with van der Waals surface area (Å²) in [4.78, 5) is 26.1. The quantitative estimate of drug-likeness (QED) is 0.169. The zero-order valence-corrected chi connectivity index (χ0v) is 26.2. The Labute approximate surface area is 268 Å². The fourth-order valence-electron chi connectivity index (χ4n) is 7.19. The summed E-state index contributed by atoms with van der Waals surface area (Å²) in [6.45, 7) is 1.03. The number of rotatable bonds is 9. The normalized spacial score (nSPS) is 23.8. The van der Waals surface area contributed by atoms with Crippen LogP contribution in [-0.4, -0.2) is 67.5 Å². The van der Waals surface area contributed by atoms with E-state index >= 15 is 4.39 Å². The summed E-state index contributed by atoms with van der Waals surface area (Å²) in [6, 6.07) is 14.5. The summed E-state index contributed by atoms with van der Waals surface area (Å²) in [5.41, 5.74) is 4.05. The van der Waals surface area contributed by atoms with Gasteiger partial charge in [-0.1, -0.05) is 36.4 Å². The number of carbonyl (C=O) groups excluding carboxylic acids is 1. The molecule has 6 N–H and O–H groups in total.